The van der Waals surface area contributed by atoms with E-state index in [4.69, 9.17) is 9.15 Å². The van der Waals surface area contributed by atoms with Crippen LogP contribution in [0.2, 0.25) is 0 Å². The van der Waals surface area contributed by atoms with Crippen molar-refractivity contribution in [3.63, 3.8) is 0 Å². The minimum absolute atomic E-state index is 0.0205. The second kappa shape index (κ2) is 9.97. The highest BCUT2D eigenvalue weighted by Crippen LogP contribution is 2.31. The van der Waals surface area contributed by atoms with Crippen molar-refractivity contribution in [3.8, 4) is 5.75 Å². The molecule has 0 unspecified atom stereocenters. The van der Waals surface area contributed by atoms with Crippen LogP contribution in [0.15, 0.2) is 39.8 Å². The van der Waals surface area contributed by atoms with E-state index in [1.165, 1.54) is 28.8 Å². The Hall–Kier alpha value is -2.85. The molecule has 10 heteroatoms. The Morgan fingerprint density at radius 2 is 1.90 bits per heavy atom. The summed E-state index contributed by atoms with van der Waals surface area (Å²) in [5.41, 5.74) is 0.654. The summed E-state index contributed by atoms with van der Waals surface area (Å²) in [6.07, 6.45) is 4.03. The lowest BCUT2D eigenvalue weighted by molar-refractivity contribution is -0.115. The van der Waals surface area contributed by atoms with E-state index in [1.54, 1.807) is 19.9 Å². The highest BCUT2D eigenvalue weighted by atomic mass is 32.2. The highest BCUT2D eigenvalue weighted by Gasteiger charge is 2.29. The molecular weight excluding hydrogens is 422 g/mol. The van der Waals surface area contributed by atoms with Gasteiger partial charge in [0.05, 0.1) is 25.0 Å². The van der Waals surface area contributed by atoms with Crippen LogP contribution in [-0.2, 0) is 14.8 Å². The molecule has 1 aromatic carbocycles. The number of hydrogen-bond acceptors (Lipinski definition) is 6. The fraction of sp³-hybridized carbons (Fsp3) is 0.429. The number of nitrogens with zero attached hydrogens (tertiary/aromatic N) is 1. The molecule has 2 aromatic rings. The molecule has 31 heavy (non-hydrogen) atoms. The molecule has 1 aliphatic rings. The van der Waals surface area contributed by atoms with E-state index in [0.29, 0.717) is 36.7 Å². The maximum atomic E-state index is 13.2. The standard InChI is InChI=1S/C21H27N3O6S/c1-3-29-18-8-7-16(13-19(18)31(27,28)24-10-5-4-6-11-24)23-20(25)14-22-21(26)17-9-12-30-15(17)2/h7-9,12-13H,3-6,10-11,14H2,1-2H3,(H,22,26)(H,23,25). The first-order valence-electron chi connectivity index (χ1n) is 10.2. The normalized spacial score (nSPS) is 14.8. The molecule has 3 rings (SSSR count). The minimum atomic E-state index is -3.76. The summed E-state index contributed by atoms with van der Waals surface area (Å²) < 4.78 is 38.4. The van der Waals surface area contributed by atoms with Crippen LogP contribution in [0.5, 0.6) is 5.75 Å². The van der Waals surface area contributed by atoms with Gasteiger partial charge in [0.25, 0.3) is 5.91 Å². The molecule has 9 nitrogen and oxygen atoms in total. The van der Waals surface area contributed by atoms with Gasteiger partial charge in [-0.15, -0.1) is 0 Å². The van der Waals surface area contributed by atoms with Crippen LogP contribution in [0.25, 0.3) is 0 Å². The van der Waals surface area contributed by atoms with E-state index in [0.717, 1.165) is 19.3 Å². The Balaban J connectivity index is 1.73. The average Bonchev–Trinajstić information content (AvgIpc) is 3.20. The first-order valence-corrected chi connectivity index (χ1v) is 11.7. The van der Waals surface area contributed by atoms with Crippen molar-refractivity contribution >= 4 is 27.5 Å². The number of carbonyl (C=O) groups is 2. The zero-order valence-electron chi connectivity index (χ0n) is 17.6. The first-order chi connectivity index (χ1) is 14.8. The molecule has 2 heterocycles. The van der Waals surface area contributed by atoms with E-state index >= 15 is 0 Å². The second-order valence-corrected chi connectivity index (χ2v) is 9.09. The maximum absolute atomic E-state index is 13.2. The molecule has 2 N–H and O–H groups in total. The van der Waals surface area contributed by atoms with E-state index in [1.807, 2.05) is 0 Å². The highest BCUT2D eigenvalue weighted by molar-refractivity contribution is 7.89. The second-order valence-electron chi connectivity index (χ2n) is 7.18. The summed E-state index contributed by atoms with van der Waals surface area (Å²) in [5.74, 6) is -0.215. The van der Waals surface area contributed by atoms with Gasteiger partial charge in [0, 0.05) is 18.8 Å². The van der Waals surface area contributed by atoms with E-state index in [2.05, 4.69) is 10.6 Å². The predicted molar refractivity (Wildman–Crippen MR) is 115 cm³/mol. The third kappa shape index (κ3) is 5.45. The average molecular weight is 450 g/mol. The van der Waals surface area contributed by atoms with Gasteiger partial charge >= 0.3 is 0 Å². The molecule has 0 atom stereocenters. The summed E-state index contributed by atoms with van der Waals surface area (Å²) in [5, 5.41) is 5.14. The minimum Gasteiger partial charge on any atom is -0.492 e. The van der Waals surface area contributed by atoms with Crippen LogP contribution >= 0.6 is 0 Å². The molecule has 1 saturated heterocycles. The zero-order valence-corrected chi connectivity index (χ0v) is 18.5. The van der Waals surface area contributed by atoms with Crippen molar-refractivity contribution in [1.29, 1.82) is 0 Å². The molecule has 1 fully saturated rings. The SMILES string of the molecule is CCOc1ccc(NC(=O)CNC(=O)c2ccoc2C)cc1S(=O)(=O)N1CCCCC1. The number of nitrogens with one attached hydrogen (secondary N) is 2. The Bertz CT molecular complexity index is 1040. The van der Waals surface area contributed by atoms with Gasteiger partial charge in [0.1, 0.15) is 16.4 Å². The van der Waals surface area contributed by atoms with Gasteiger partial charge in [-0.05, 0) is 51.0 Å². The number of piperidine rings is 1. The van der Waals surface area contributed by atoms with Crippen LogP contribution in [0.3, 0.4) is 0 Å². The molecule has 1 aromatic heterocycles. The first kappa shape index (κ1) is 22.8. The number of amides is 2. The number of sulfonamides is 1. The Kier molecular flexibility index (Phi) is 7.34. The number of furan rings is 1. The quantitative estimate of drug-likeness (QED) is 0.639. The number of carbonyl (C=O) groups excluding carboxylic acids is 2. The molecule has 0 aliphatic carbocycles. The lowest BCUT2D eigenvalue weighted by Crippen LogP contribution is -2.36. The smallest absolute Gasteiger partial charge is 0.255 e. The number of ether oxygens (including phenoxy) is 1. The number of anilines is 1. The Morgan fingerprint density at radius 3 is 2.55 bits per heavy atom. The molecular formula is C21H27N3O6S. The van der Waals surface area contributed by atoms with Gasteiger partial charge in [-0.25, -0.2) is 8.42 Å². The summed E-state index contributed by atoms with van der Waals surface area (Å²) >= 11 is 0. The van der Waals surface area contributed by atoms with Crippen molar-refractivity contribution < 1.29 is 27.2 Å². The van der Waals surface area contributed by atoms with Crippen LogP contribution in [0.1, 0.15) is 42.3 Å². The van der Waals surface area contributed by atoms with E-state index in [9.17, 15) is 18.0 Å². The van der Waals surface area contributed by atoms with Gasteiger partial charge < -0.3 is 19.8 Å². The fourth-order valence-corrected chi connectivity index (χ4v) is 5.06. The third-order valence-electron chi connectivity index (χ3n) is 4.97. The summed E-state index contributed by atoms with van der Waals surface area (Å²) in [4.78, 5) is 24.4. The molecule has 168 valence electrons. The van der Waals surface area contributed by atoms with Gasteiger partial charge in [0.15, 0.2) is 0 Å². The van der Waals surface area contributed by atoms with Gasteiger partial charge in [-0.2, -0.15) is 4.31 Å². The summed E-state index contributed by atoms with van der Waals surface area (Å²) in [6.45, 7) is 4.39. The number of rotatable bonds is 8. The Labute approximate surface area is 181 Å². The van der Waals surface area contributed by atoms with Crippen molar-refractivity contribution in [3.05, 3.63) is 41.9 Å². The maximum Gasteiger partial charge on any atom is 0.255 e. The van der Waals surface area contributed by atoms with Gasteiger partial charge in [-0.3, -0.25) is 9.59 Å². The van der Waals surface area contributed by atoms with Crippen LogP contribution < -0.4 is 15.4 Å². The van der Waals surface area contributed by atoms with Crippen LogP contribution in [-0.4, -0.2) is 50.8 Å². The summed E-state index contributed by atoms with van der Waals surface area (Å²) in [7, 11) is -3.76. The molecule has 1 aliphatic heterocycles. The number of aryl methyl sites for hydroxylation is 1. The van der Waals surface area contributed by atoms with E-state index in [-0.39, 0.29) is 17.2 Å². The molecule has 2 amide bonds. The largest absolute Gasteiger partial charge is 0.492 e. The van der Waals surface area contributed by atoms with Crippen LogP contribution in [0.4, 0.5) is 5.69 Å². The Morgan fingerprint density at radius 1 is 1.16 bits per heavy atom. The van der Waals surface area contributed by atoms with E-state index < -0.39 is 21.8 Å². The molecule has 0 radical (unpaired) electrons. The van der Waals surface area contributed by atoms with Crippen molar-refractivity contribution in [1.82, 2.24) is 9.62 Å². The lowest BCUT2D eigenvalue weighted by atomic mass is 10.2. The van der Waals surface area contributed by atoms with Crippen molar-refractivity contribution in [2.45, 2.75) is 38.0 Å². The number of hydrogen-bond donors (Lipinski definition) is 2. The van der Waals surface area contributed by atoms with Gasteiger partial charge in [0.2, 0.25) is 15.9 Å². The van der Waals surface area contributed by atoms with Crippen molar-refractivity contribution in [2.75, 3.05) is 31.6 Å². The van der Waals surface area contributed by atoms with Gasteiger partial charge in [-0.1, -0.05) is 6.42 Å². The molecule has 0 saturated carbocycles. The summed E-state index contributed by atoms with van der Waals surface area (Å²) in [6, 6.07) is 6.02. The fourth-order valence-electron chi connectivity index (χ4n) is 3.39. The zero-order chi connectivity index (χ0) is 22.4. The monoisotopic (exact) mass is 449 g/mol. The lowest BCUT2D eigenvalue weighted by Gasteiger charge is -2.27. The van der Waals surface area contributed by atoms with Crippen LogP contribution in [0, 0.1) is 6.92 Å². The topological polar surface area (TPSA) is 118 Å². The van der Waals surface area contributed by atoms with Crippen molar-refractivity contribution in [2.24, 2.45) is 0 Å². The third-order valence-corrected chi connectivity index (χ3v) is 6.89. The molecule has 0 bridgehead atoms. The predicted octanol–water partition coefficient (Wildman–Crippen LogP) is 2.53. The molecule has 0 spiro atoms. The number of benzene rings is 1.